The van der Waals surface area contributed by atoms with E-state index in [0.29, 0.717) is 30.4 Å². The number of ether oxygens (including phenoxy) is 2. The highest BCUT2D eigenvalue weighted by atomic mass is 35.5. The molecule has 1 aliphatic rings. The molecular formula is C17H27ClN2O3. The molecule has 1 aromatic rings. The first-order valence-electron chi connectivity index (χ1n) is 8.04. The number of carbonyl (C=O) groups excluding carboxylic acids is 1. The van der Waals surface area contributed by atoms with Gasteiger partial charge in [0.25, 0.3) is 0 Å². The number of anilines is 1. The van der Waals surface area contributed by atoms with Crippen molar-refractivity contribution in [2.24, 2.45) is 5.92 Å². The van der Waals surface area contributed by atoms with Crippen LogP contribution in [-0.4, -0.2) is 32.7 Å². The van der Waals surface area contributed by atoms with Crippen molar-refractivity contribution in [2.75, 3.05) is 32.1 Å². The highest BCUT2D eigenvalue weighted by molar-refractivity contribution is 5.91. The molecular weight excluding hydrogens is 316 g/mol. The summed E-state index contributed by atoms with van der Waals surface area (Å²) in [5.41, 5.74) is 0.746. The van der Waals surface area contributed by atoms with Gasteiger partial charge in [0.2, 0.25) is 5.91 Å². The number of hydrogen-bond donors (Lipinski definition) is 2. The summed E-state index contributed by atoms with van der Waals surface area (Å²) in [6.07, 6.45) is 3.87. The first-order valence-corrected chi connectivity index (χ1v) is 8.04. The summed E-state index contributed by atoms with van der Waals surface area (Å²) >= 11 is 0. The Hall–Kier alpha value is -1.46. The Kier molecular flexibility index (Phi) is 8.81. The number of halogens is 1. The highest BCUT2D eigenvalue weighted by Crippen LogP contribution is 2.30. The van der Waals surface area contributed by atoms with Crippen LogP contribution in [0.4, 0.5) is 5.69 Å². The lowest BCUT2D eigenvalue weighted by atomic mass is 9.93. The molecule has 5 nitrogen and oxygen atoms in total. The third-order valence-corrected chi connectivity index (χ3v) is 3.99. The molecule has 1 heterocycles. The molecule has 1 amide bonds. The van der Waals surface area contributed by atoms with Crippen molar-refractivity contribution >= 4 is 24.0 Å². The smallest absolute Gasteiger partial charge is 0.224 e. The molecule has 0 radical (unpaired) electrons. The molecule has 0 spiro atoms. The van der Waals surface area contributed by atoms with Crippen LogP contribution >= 0.6 is 12.4 Å². The number of benzene rings is 1. The standard InChI is InChI=1S/C17H26N2O3.ClH/c1-3-22-15-6-5-14(12-16(15)21-2)19-17(20)7-4-13-8-10-18-11-9-13;/h5-6,12-13,18H,3-4,7-11H2,1-2H3,(H,19,20);1H. The molecule has 1 fully saturated rings. The summed E-state index contributed by atoms with van der Waals surface area (Å²) < 4.78 is 10.8. The molecule has 0 saturated carbocycles. The van der Waals surface area contributed by atoms with Gasteiger partial charge in [-0.05, 0) is 57.3 Å². The predicted octanol–water partition coefficient (Wildman–Crippen LogP) is 3.23. The summed E-state index contributed by atoms with van der Waals surface area (Å²) in [5.74, 6) is 2.06. The minimum Gasteiger partial charge on any atom is -0.493 e. The van der Waals surface area contributed by atoms with Crippen LogP contribution in [0.1, 0.15) is 32.6 Å². The molecule has 1 saturated heterocycles. The van der Waals surface area contributed by atoms with E-state index >= 15 is 0 Å². The molecule has 1 aliphatic heterocycles. The van der Waals surface area contributed by atoms with Crippen LogP contribution in [0.15, 0.2) is 18.2 Å². The van der Waals surface area contributed by atoms with Gasteiger partial charge in [0, 0.05) is 18.2 Å². The number of rotatable bonds is 7. The first kappa shape index (κ1) is 19.6. The second-order valence-electron chi connectivity index (χ2n) is 5.58. The van der Waals surface area contributed by atoms with Gasteiger partial charge in [0.1, 0.15) is 0 Å². The van der Waals surface area contributed by atoms with Crippen LogP contribution in [0.2, 0.25) is 0 Å². The lowest BCUT2D eigenvalue weighted by molar-refractivity contribution is -0.116. The minimum absolute atomic E-state index is 0. The number of nitrogens with one attached hydrogen (secondary N) is 2. The van der Waals surface area contributed by atoms with Gasteiger partial charge in [-0.25, -0.2) is 0 Å². The van der Waals surface area contributed by atoms with E-state index in [4.69, 9.17) is 9.47 Å². The van der Waals surface area contributed by atoms with E-state index in [2.05, 4.69) is 10.6 Å². The van der Waals surface area contributed by atoms with E-state index in [1.54, 1.807) is 13.2 Å². The van der Waals surface area contributed by atoms with E-state index < -0.39 is 0 Å². The predicted molar refractivity (Wildman–Crippen MR) is 94.9 cm³/mol. The van der Waals surface area contributed by atoms with Gasteiger partial charge < -0.3 is 20.1 Å². The molecule has 0 aliphatic carbocycles. The van der Waals surface area contributed by atoms with Gasteiger partial charge in [-0.2, -0.15) is 0 Å². The average molecular weight is 343 g/mol. The Bertz CT molecular complexity index is 491. The zero-order valence-corrected chi connectivity index (χ0v) is 14.7. The minimum atomic E-state index is 0. The third-order valence-electron chi connectivity index (χ3n) is 3.99. The van der Waals surface area contributed by atoms with Gasteiger partial charge >= 0.3 is 0 Å². The number of carbonyl (C=O) groups is 1. The topological polar surface area (TPSA) is 59.6 Å². The number of piperidine rings is 1. The summed E-state index contributed by atoms with van der Waals surface area (Å²) in [4.78, 5) is 12.1. The van der Waals surface area contributed by atoms with Crippen LogP contribution < -0.4 is 20.1 Å². The second kappa shape index (κ2) is 10.3. The summed E-state index contributed by atoms with van der Waals surface area (Å²) in [7, 11) is 1.60. The number of methoxy groups -OCH3 is 1. The maximum absolute atomic E-state index is 12.1. The van der Waals surface area contributed by atoms with Gasteiger partial charge in [-0.1, -0.05) is 0 Å². The Labute approximate surface area is 144 Å². The largest absolute Gasteiger partial charge is 0.493 e. The van der Waals surface area contributed by atoms with E-state index in [-0.39, 0.29) is 18.3 Å². The fourth-order valence-electron chi connectivity index (χ4n) is 2.75. The lowest BCUT2D eigenvalue weighted by Gasteiger charge is -2.22. The van der Waals surface area contributed by atoms with Crippen molar-refractivity contribution in [2.45, 2.75) is 32.6 Å². The molecule has 2 N–H and O–H groups in total. The zero-order valence-electron chi connectivity index (χ0n) is 13.9. The molecule has 6 heteroatoms. The Morgan fingerprint density at radius 3 is 2.70 bits per heavy atom. The molecule has 2 rings (SSSR count). The van der Waals surface area contributed by atoms with Crippen LogP contribution in [-0.2, 0) is 4.79 Å². The van der Waals surface area contributed by atoms with Gasteiger partial charge in [0.05, 0.1) is 13.7 Å². The van der Waals surface area contributed by atoms with E-state index in [9.17, 15) is 4.79 Å². The average Bonchev–Trinajstić information content (AvgIpc) is 2.55. The Balaban J connectivity index is 0.00000264. The van der Waals surface area contributed by atoms with E-state index in [0.717, 1.165) is 25.2 Å². The fourth-order valence-corrected chi connectivity index (χ4v) is 2.75. The maximum atomic E-state index is 12.1. The Morgan fingerprint density at radius 2 is 2.04 bits per heavy atom. The van der Waals surface area contributed by atoms with E-state index in [1.807, 2.05) is 19.1 Å². The fraction of sp³-hybridized carbons (Fsp3) is 0.588. The zero-order chi connectivity index (χ0) is 15.8. The van der Waals surface area contributed by atoms with Gasteiger partial charge in [-0.3, -0.25) is 4.79 Å². The monoisotopic (exact) mass is 342 g/mol. The van der Waals surface area contributed by atoms with Crippen molar-refractivity contribution in [1.82, 2.24) is 5.32 Å². The molecule has 0 bridgehead atoms. The molecule has 23 heavy (non-hydrogen) atoms. The second-order valence-corrected chi connectivity index (χ2v) is 5.58. The number of amides is 1. The van der Waals surface area contributed by atoms with E-state index in [1.165, 1.54) is 12.8 Å². The van der Waals surface area contributed by atoms with Crippen LogP contribution in [0, 0.1) is 5.92 Å². The van der Waals surface area contributed by atoms with Crippen molar-refractivity contribution in [3.05, 3.63) is 18.2 Å². The molecule has 0 unspecified atom stereocenters. The van der Waals surface area contributed by atoms with Crippen LogP contribution in [0.25, 0.3) is 0 Å². The summed E-state index contributed by atoms with van der Waals surface area (Å²) in [6, 6.07) is 5.47. The number of hydrogen-bond acceptors (Lipinski definition) is 4. The maximum Gasteiger partial charge on any atom is 0.224 e. The Morgan fingerprint density at radius 1 is 1.30 bits per heavy atom. The van der Waals surface area contributed by atoms with Gasteiger partial charge in [-0.15, -0.1) is 12.4 Å². The quantitative estimate of drug-likeness (QED) is 0.798. The van der Waals surface area contributed by atoms with Crippen molar-refractivity contribution < 1.29 is 14.3 Å². The molecule has 0 aromatic heterocycles. The normalized spacial score (nSPS) is 14.7. The third kappa shape index (κ3) is 6.28. The van der Waals surface area contributed by atoms with Crippen LogP contribution in [0.3, 0.4) is 0 Å². The molecule has 0 atom stereocenters. The van der Waals surface area contributed by atoms with Crippen molar-refractivity contribution in [3.63, 3.8) is 0 Å². The van der Waals surface area contributed by atoms with Crippen molar-refractivity contribution in [3.8, 4) is 11.5 Å². The lowest BCUT2D eigenvalue weighted by Crippen LogP contribution is -2.28. The molecule has 1 aromatic carbocycles. The van der Waals surface area contributed by atoms with Gasteiger partial charge in [0.15, 0.2) is 11.5 Å². The first-order chi connectivity index (χ1) is 10.7. The molecule has 130 valence electrons. The summed E-state index contributed by atoms with van der Waals surface area (Å²) in [6.45, 7) is 4.65. The van der Waals surface area contributed by atoms with Crippen LogP contribution in [0.5, 0.6) is 11.5 Å². The summed E-state index contributed by atoms with van der Waals surface area (Å²) in [5, 5.41) is 6.28. The van der Waals surface area contributed by atoms with Crippen molar-refractivity contribution in [1.29, 1.82) is 0 Å². The highest BCUT2D eigenvalue weighted by Gasteiger charge is 2.15. The SMILES string of the molecule is CCOc1ccc(NC(=O)CCC2CCNCC2)cc1OC.Cl.